The van der Waals surface area contributed by atoms with Crippen LogP contribution in [-0.4, -0.2) is 47.0 Å². The highest BCUT2D eigenvalue weighted by atomic mass is 16.5. The van der Waals surface area contributed by atoms with Crippen molar-refractivity contribution in [2.75, 3.05) is 20.3 Å². The zero-order valence-electron chi connectivity index (χ0n) is 22.8. The molecule has 2 heterocycles. The van der Waals surface area contributed by atoms with E-state index in [0.29, 0.717) is 41.6 Å². The van der Waals surface area contributed by atoms with Crippen molar-refractivity contribution < 1.29 is 28.9 Å². The van der Waals surface area contributed by atoms with Gasteiger partial charge in [0, 0.05) is 24.5 Å². The molecule has 3 aromatic rings. The van der Waals surface area contributed by atoms with Crippen LogP contribution in [0.2, 0.25) is 0 Å². The van der Waals surface area contributed by atoms with Gasteiger partial charge in [-0.3, -0.25) is 14.6 Å². The summed E-state index contributed by atoms with van der Waals surface area (Å²) >= 11 is 0. The molecule has 8 nitrogen and oxygen atoms in total. The fourth-order valence-corrected chi connectivity index (χ4v) is 4.65. The number of hydrogen-bond donors (Lipinski definition) is 1. The predicted octanol–water partition coefficient (Wildman–Crippen LogP) is 5.60. The molecule has 0 aliphatic carbocycles. The van der Waals surface area contributed by atoms with Gasteiger partial charge < -0.3 is 24.2 Å². The molecule has 0 spiro atoms. The number of rotatable bonds is 11. The molecule has 39 heavy (non-hydrogen) atoms. The van der Waals surface area contributed by atoms with Crippen molar-refractivity contribution in [1.29, 1.82) is 0 Å². The number of Topliss-reactive ketones (excluding diaryl/α,β-unsaturated/α-hetero) is 1. The van der Waals surface area contributed by atoms with E-state index in [1.54, 1.807) is 54.9 Å². The first-order chi connectivity index (χ1) is 18.9. The summed E-state index contributed by atoms with van der Waals surface area (Å²) in [6.07, 6.45) is 5.25. The monoisotopic (exact) mass is 530 g/mol. The van der Waals surface area contributed by atoms with Crippen LogP contribution in [0.3, 0.4) is 0 Å². The first-order valence-electron chi connectivity index (χ1n) is 13.1. The Morgan fingerprint density at radius 2 is 1.82 bits per heavy atom. The Labute approximate surface area is 228 Å². The number of aromatic nitrogens is 1. The molecule has 4 rings (SSSR count). The molecule has 1 aromatic heterocycles. The second-order valence-corrected chi connectivity index (χ2v) is 9.31. The Morgan fingerprint density at radius 1 is 1.03 bits per heavy atom. The number of likely N-dealkylation sites (tertiary alicyclic amines) is 1. The number of ketones is 1. The highest BCUT2D eigenvalue weighted by Gasteiger charge is 2.46. The van der Waals surface area contributed by atoms with Gasteiger partial charge in [-0.15, -0.1) is 0 Å². The predicted molar refractivity (Wildman–Crippen MR) is 148 cm³/mol. The number of aliphatic hydroxyl groups is 1. The highest BCUT2D eigenvalue weighted by molar-refractivity contribution is 6.46. The van der Waals surface area contributed by atoms with Crippen molar-refractivity contribution in [3.8, 4) is 17.2 Å². The molecule has 1 N–H and O–H groups in total. The maximum Gasteiger partial charge on any atom is 0.295 e. The number of pyridine rings is 1. The van der Waals surface area contributed by atoms with Crippen molar-refractivity contribution >= 4 is 17.4 Å². The van der Waals surface area contributed by atoms with Gasteiger partial charge >= 0.3 is 0 Å². The lowest BCUT2D eigenvalue weighted by Gasteiger charge is -2.26. The van der Waals surface area contributed by atoms with Gasteiger partial charge in [0.1, 0.15) is 11.5 Å². The van der Waals surface area contributed by atoms with E-state index in [2.05, 4.69) is 11.9 Å². The maximum atomic E-state index is 13.4. The molecule has 1 fully saturated rings. The van der Waals surface area contributed by atoms with Crippen LogP contribution < -0.4 is 14.2 Å². The van der Waals surface area contributed by atoms with Gasteiger partial charge in [-0.25, -0.2) is 0 Å². The Bertz CT molecular complexity index is 1370. The topological polar surface area (TPSA) is 98.2 Å². The van der Waals surface area contributed by atoms with Gasteiger partial charge in [-0.2, -0.15) is 0 Å². The summed E-state index contributed by atoms with van der Waals surface area (Å²) < 4.78 is 17.0. The zero-order valence-corrected chi connectivity index (χ0v) is 22.8. The van der Waals surface area contributed by atoms with Crippen molar-refractivity contribution in [3.05, 3.63) is 88.8 Å². The van der Waals surface area contributed by atoms with Gasteiger partial charge in [0.25, 0.3) is 11.7 Å². The number of hydrogen-bond acceptors (Lipinski definition) is 7. The smallest absolute Gasteiger partial charge is 0.295 e. The minimum atomic E-state index is -0.851. The van der Waals surface area contributed by atoms with Crippen LogP contribution in [-0.2, 0) is 16.1 Å². The van der Waals surface area contributed by atoms with Crippen LogP contribution in [0.25, 0.3) is 5.76 Å². The van der Waals surface area contributed by atoms with Crippen molar-refractivity contribution in [2.45, 2.75) is 46.2 Å². The van der Waals surface area contributed by atoms with E-state index in [9.17, 15) is 14.7 Å². The lowest BCUT2D eigenvalue weighted by Crippen LogP contribution is -2.29. The van der Waals surface area contributed by atoms with Gasteiger partial charge in [-0.05, 0) is 73.4 Å². The minimum absolute atomic E-state index is 0.00848. The fraction of sp³-hybridized carbons (Fsp3) is 0.323. The number of ether oxygens (including phenoxy) is 3. The zero-order chi connectivity index (χ0) is 27.9. The third-order valence-corrected chi connectivity index (χ3v) is 6.62. The molecule has 8 heteroatoms. The number of nitrogens with zero attached hydrogens (tertiary/aromatic N) is 2. The van der Waals surface area contributed by atoms with E-state index >= 15 is 0 Å². The van der Waals surface area contributed by atoms with Crippen LogP contribution in [0.5, 0.6) is 17.2 Å². The summed E-state index contributed by atoms with van der Waals surface area (Å²) in [5, 5.41) is 11.5. The van der Waals surface area contributed by atoms with Gasteiger partial charge in [-0.1, -0.05) is 25.5 Å². The van der Waals surface area contributed by atoms with E-state index < -0.39 is 17.7 Å². The van der Waals surface area contributed by atoms with Gasteiger partial charge in [0.2, 0.25) is 0 Å². The largest absolute Gasteiger partial charge is 0.507 e. The SMILES string of the molecule is CCCCOc1ccc(C(O)=C2C(=O)C(=O)N(Cc3cccnc3)[C@@H]2c2ccc(OCC)c(OC)c2)cc1C. The number of carbonyl (C=O) groups is 2. The molecule has 1 saturated heterocycles. The van der Waals surface area contributed by atoms with E-state index in [1.165, 1.54) is 12.0 Å². The lowest BCUT2D eigenvalue weighted by molar-refractivity contribution is -0.140. The molecule has 1 atom stereocenters. The normalized spacial score (nSPS) is 16.4. The molecule has 1 amide bonds. The first-order valence-corrected chi connectivity index (χ1v) is 13.1. The first kappa shape index (κ1) is 27.7. The quantitative estimate of drug-likeness (QED) is 0.149. The number of methoxy groups -OCH3 is 1. The fourth-order valence-electron chi connectivity index (χ4n) is 4.65. The molecule has 204 valence electrons. The summed E-state index contributed by atoms with van der Waals surface area (Å²) in [7, 11) is 1.53. The number of carbonyl (C=O) groups excluding carboxylic acids is 2. The van der Waals surface area contributed by atoms with E-state index in [-0.39, 0.29) is 17.9 Å². The minimum Gasteiger partial charge on any atom is -0.507 e. The average molecular weight is 531 g/mol. The summed E-state index contributed by atoms with van der Waals surface area (Å²) in [6, 6.07) is 13.3. The molecule has 0 unspecified atom stereocenters. The van der Waals surface area contributed by atoms with Crippen LogP contribution in [0, 0.1) is 6.92 Å². The molecule has 1 aliphatic heterocycles. The summed E-state index contributed by atoms with van der Waals surface area (Å²) in [5.74, 6) is 0.0191. The second-order valence-electron chi connectivity index (χ2n) is 9.31. The molecule has 0 saturated carbocycles. The van der Waals surface area contributed by atoms with Crippen molar-refractivity contribution in [1.82, 2.24) is 9.88 Å². The lowest BCUT2D eigenvalue weighted by atomic mass is 9.94. The summed E-state index contributed by atoms with van der Waals surface area (Å²) in [6.45, 7) is 7.04. The molecule has 0 bridgehead atoms. The van der Waals surface area contributed by atoms with Gasteiger partial charge in [0.05, 0.1) is 31.9 Å². The molecule has 2 aromatic carbocycles. The Kier molecular flexibility index (Phi) is 8.86. The van der Waals surface area contributed by atoms with E-state index in [1.807, 2.05) is 19.9 Å². The van der Waals surface area contributed by atoms with Gasteiger partial charge in [0.15, 0.2) is 11.5 Å². The number of unbranched alkanes of at least 4 members (excludes halogenated alkanes) is 1. The third kappa shape index (κ3) is 5.90. The van der Waals surface area contributed by atoms with Crippen molar-refractivity contribution in [2.24, 2.45) is 0 Å². The standard InChI is InChI=1S/C31H34N2O6/c1-5-7-15-39-24-12-11-23(16-20(24)3)29(34)27-28(22-10-13-25(38-6-2)26(17-22)37-4)33(31(36)30(27)35)19-21-9-8-14-32-18-21/h8-14,16-18,28,34H,5-7,15,19H2,1-4H3/t28-/m1/s1. The number of benzene rings is 2. The van der Waals surface area contributed by atoms with E-state index in [0.717, 1.165) is 24.0 Å². The molecular formula is C31H34N2O6. The number of aryl methyl sites for hydroxylation is 1. The second kappa shape index (κ2) is 12.5. The Morgan fingerprint density at radius 3 is 2.49 bits per heavy atom. The number of amides is 1. The number of aliphatic hydroxyl groups excluding tert-OH is 1. The summed E-state index contributed by atoms with van der Waals surface area (Å²) in [4.78, 5) is 32.4. The highest BCUT2D eigenvalue weighted by Crippen LogP contribution is 2.43. The molecule has 0 radical (unpaired) electrons. The average Bonchev–Trinajstić information content (AvgIpc) is 3.19. The van der Waals surface area contributed by atoms with Crippen LogP contribution in [0.15, 0.2) is 66.5 Å². The van der Waals surface area contributed by atoms with E-state index in [4.69, 9.17) is 14.2 Å². The third-order valence-electron chi connectivity index (χ3n) is 6.62. The Hall–Kier alpha value is -4.33. The molecular weight excluding hydrogens is 496 g/mol. The maximum absolute atomic E-state index is 13.4. The Balaban J connectivity index is 1.82. The molecule has 1 aliphatic rings. The van der Waals surface area contributed by atoms with Crippen molar-refractivity contribution in [3.63, 3.8) is 0 Å². The van der Waals surface area contributed by atoms with Crippen LogP contribution in [0.1, 0.15) is 55.0 Å². The van der Waals surface area contributed by atoms with Crippen LogP contribution in [0.4, 0.5) is 0 Å². The van der Waals surface area contributed by atoms with Crippen LogP contribution >= 0.6 is 0 Å². The summed E-state index contributed by atoms with van der Waals surface area (Å²) in [5.41, 5.74) is 2.62.